The van der Waals surface area contributed by atoms with Gasteiger partial charge in [-0.1, -0.05) is 13.5 Å². The van der Waals surface area contributed by atoms with Gasteiger partial charge in [-0.2, -0.15) is 5.10 Å². The minimum absolute atomic E-state index is 0.0106. The number of halogens is 1. The lowest BCUT2D eigenvalue weighted by atomic mass is 9.92. The number of anilines is 1. The van der Waals surface area contributed by atoms with Crippen molar-refractivity contribution in [2.75, 3.05) is 4.90 Å². The van der Waals surface area contributed by atoms with Gasteiger partial charge in [-0.25, -0.2) is 13.9 Å². The normalized spacial score (nSPS) is 35.3. The highest BCUT2D eigenvalue weighted by atomic mass is 19.1. The van der Waals surface area contributed by atoms with Crippen LogP contribution in [0.4, 0.5) is 10.2 Å². The van der Waals surface area contributed by atoms with Gasteiger partial charge in [0.05, 0.1) is 30.2 Å². The Morgan fingerprint density at radius 3 is 2.90 bits per heavy atom. The number of piperidine rings is 1. The van der Waals surface area contributed by atoms with Crippen LogP contribution in [-0.4, -0.2) is 37.6 Å². The van der Waals surface area contributed by atoms with Crippen LogP contribution >= 0.6 is 0 Å². The Morgan fingerprint density at radius 1 is 1.30 bits per heavy atom. The highest BCUT2D eigenvalue weighted by molar-refractivity contribution is 6.00. The number of amides is 1. The highest BCUT2D eigenvalue weighted by Crippen LogP contribution is 2.90. The maximum atomic E-state index is 14.3. The number of nitrogens with one attached hydrogen (secondary N) is 1. The predicted octanol–water partition coefficient (Wildman–Crippen LogP) is 2.60. The van der Waals surface area contributed by atoms with Crippen LogP contribution in [0.1, 0.15) is 41.5 Å². The van der Waals surface area contributed by atoms with E-state index in [0.717, 1.165) is 11.4 Å². The maximum Gasteiger partial charge on any atom is 0.257 e. The van der Waals surface area contributed by atoms with Crippen LogP contribution in [0.5, 0.6) is 0 Å². The van der Waals surface area contributed by atoms with Crippen molar-refractivity contribution in [1.82, 2.24) is 24.9 Å². The van der Waals surface area contributed by atoms with E-state index in [1.165, 1.54) is 12.4 Å². The third kappa shape index (κ3) is 1.73. The third-order valence-electron chi connectivity index (χ3n) is 7.76. The van der Waals surface area contributed by atoms with Crippen molar-refractivity contribution in [3.05, 3.63) is 59.9 Å². The number of aromatic nitrogens is 4. The van der Waals surface area contributed by atoms with Gasteiger partial charge in [-0.15, -0.1) is 0 Å². The Labute approximate surface area is 171 Å². The fourth-order valence-electron chi connectivity index (χ4n) is 6.08. The number of hydrogen-bond acceptors (Lipinski definition) is 5. The van der Waals surface area contributed by atoms with Gasteiger partial charge in [0, 0.05) is 17.8 Å². The number of carbonyl (C=O) groups excluding carboxylic acids is 1. The third-order valence-corrected chi connectivity index (χ3v) is 7.76. The molecular formula is C22H19FN6O. The zero-order chi connectivity index (χ0) is 20.5. The summed E-state index contributed by atoms with van der Waals surface area (Å²) < 4.78 is 16.0. The molecule has 1 unspecified atom stereocenters. The molecular weight excluding hydrogens is 383 g/mol. The second-order valence-corrected chi connectivity index (χ2v) is 9.14. The monoisotopic (exact) mass is 402 g/mol. The molecule has 8 heteroatoms. The number of rotatable bonds is 0. The van der Waals surface area contributed by atoms with E-state index in [2.05, 4.69) is 33.8 Å². The molecule has 4 fully saturated rings. The lowest BCUT2D eigenvalue weighted by Crippen LogP contribution is -2.34. The van der Waals surface area contributed by atoms with Gasteiger partial charge in [-0.3, -0.25) is 9.78 Å². The van der Waals surface area contributed by atoms with Crippen molar-refractivity contribution >= 4 is 22.9 Å². The molecule has 8 rings (SSSR count). The van der Waals surface area contributed by atoms with E-state index in [4.69, 9.17) is 4.98 Å². The van der Waals surface area contributed by atoms with Crippen LogP contribution in [0.2, 0.25) is 0 Å². The van der Waals surface area contributed by atoms with Gasteiger partial charge >= 0.3 is 0 Å². The summed E-state index contributed by atoms with van der Waals surface area (Å²) in [7, 11) is 0. The first-order valence-corrected chi connectivity index (χ1v) is 10.2. The molecule has 30 heavy (non-hydrogen) atoms. The molecule has 6 heterocycles. The minimum atomic E-state index is -0.375. The Balaban J connectivity index is 1.51. The Morgan fingerprint density at radius 2 is 2.10 bits per heavy atom. The maximum absolute atomic E-state index is 14.3. The molecule has 4 bridgehead atoms. The summed E-state index contributed by atoms with van der Waals surface area (Å²) in [5.41, 5.74) is 3.34. The second-order valence-electron chi connectivity index (χ2n) is 9.14. The van der Waals surface area contributed by atoms with E-state index in [1.807, 2.05) is 19.2 Å². The van der Waals surface area contributed by atoms with Crippen molar-refractivity contribution in [3.8, 4) is 0 Å². The molecule has 2 aliphatic carbocycles. The van der Waals surface area contributed by atoms with E-state index in [1.54, 1.807) is 10.6 Å². The zero-order valence-electron chi connectivity index (χ0n) is 16.5. The van der Waals surface area contributed by atoms with Crippen LogP contribution in [0.15, 0.2) is 37.3 Å². The van der Waals surface area contributed by atoms with Crippen molar-refractivity contribution in [3.63, 3.8) is 0 Å². The summed E-state index contributed by atoms with van der Waals surface area (Å²) in [5.74, 6) is 1.20. The van der Waals surface area contributed by atoms with Crippen LogP contribution in [0, 0.1) is 23.1 Å². The largest absolute Gasteiger partial charge is 0.345 e. The van der Waals surface area contributed by atoms with Crippen molar-refractivity contribution < 1.29 is 9.18 Å². The Hall–Kier alpha value is -3.29. The molecule has 1 amide bonds. The van der Waals surface area contributed by atoms with Gasteiger partial charge in [-0.05, 0) is 41.9 Å². The first-order valence-electron chi connectivity index (χ1n) is 10.2. The van der Waals surface area contributed by atoms with Crippen LogP contribution in [0.25, 0.3) is 11.2 Å². The number of pyridine rings is 1. The van der Waals surface area contributed by atoms with E-state index in [9.17, 15) is 9.18 Å². The van der Waals surface area contributed by atoms with Gasteiger partial charge in [0.2, 0.25) is 0 Å². The number of nitrogens with zero attached hydrogens (tertiary/aromatic N) is 5. The fraction of sp³-hybridized carbons (Fsp3) is 0.364. The smallest absolute Gasteiger partial charge is 0.257 e. The summed E-state index contributed by atoms with van der Waals surface area (Å²) in [6.07, 6.45) is 4.60. The number of fused-ring (bicyclic) bond motifs is 2. The average Bonchev–Trinajstić information content (AvgIpc) is 3.26. The fourth-order valence-corrected chi connectivity index (χ4v) is 6.08. The van der Waals surface area contributed by atoms with Gasteiger partial charge in [0.15, 0.2) is 5.65 Å². The molecule has 150 valence electrons. The van der Waals surface area contributed by atoms with E-state index in [-0.39, 0.29) is 29.2 Å². The summed E-state index contributed by atoms with van der Waals surface area (Å²) in [6.45, 7) is 8.38. The Bertz CT molecular complexity index is 1320. The van der Waals surface area contributed by atoms with Gasteiger partial charge in [0.1, 0.15) is 17.2 Å². The number of carbonyl (C=O) groups is 1. The van der Waals surface area contributed by atoms with Crippen LogP contribution < -0.4 is 10.2 Å². The topological polar surface area (TPSA) is 75.4 Å². The molecule has 0 radical (unpaired) electrons. The van der Waals surface area contributed by atoms with E-state index < -0.39 is 0 Å². The van der Waals surface area contributed by atoms with Crippen LogP contribution in [-0.2, 0) is 0 Å². The summed E-state index contributed by atoms with van der Waals surface area (Å²) in [6, 6.07) is 3.50. The lowest BCUT2D eigenvalue weighted by Gasteiger charge is -2.29. The standard InChI is InChI=1S/C22H19FN6O/c1-9-10(2)26-21(30)13-8-25-28-5-4-14(27-20(13)28)29-18(15-16-19(29)22(15,16)3)12-6-11(23)7-24-17(9)12/h4-8,10,15-16,18-19H,1H2,2-3H3,(H,26,30)/t10-,15-,16+,18+,19?,22+/m1/s1. The van der Waals surface area contributed by atoms with Crippen molar-refractivity contribution in [1.29, 1.82) is 0 Å². The molecule has 5 aliphatic rings. The molecule has 2 saturated heterocycles. The quantitative estimate of drug-likeness (QED) is 0.626. The molecule has 1 N–H and O–H groups in total. The van der Waals surface area contributed by atoms with Gasteiger partial charge < -0.3 is 10.2 Å². The van der Waals surface area contributed by atoms with Crippen LogP contribution in [0.3, 0.4) is 0 Å². The lowest BCUT2D eigenvalue weighted by molar-refractivity contribution is 0.0949. The van der Waals surface area contributed by atoms with E-state index >= 15 is 0 Å². The van der Waals surface area contributed by atoms with E-state index in [0.29, 0.717) is 40.4 Å². The Kier molecular flexibility index (Phi) is 2.68. The first-order chi connectivity index (χ1) is 14.4. The van der Waals surface area contributed by atoms with Crippen molar-refractivity contribution in [2.45, 2.75) is 32.0 Å². The molecule has 0 spiro atoms. The molecule has 3 aromatic rings. The number of hydrogen-bond donors (Lipinski definition) is 1. The summed E-state index contributed by atoms with van der Waals surface area (Å²) >= 11 is 0. The first kappa shape index (κ1) is 16.5. The molecule has 0 aromatic carbocycles. The van der Waals surface area contributed by atoms with Crippen molar-refractivity contribution in [2.24, 2.45) is 17.3 Å². The average molecular weight is 402 g/mol. The molecule has 2 saturated carbocycles. The second kappa shape index (κ2) is 4.88. The minimum Gasteiger partial charge on any atom is -0.345 e. The highest BCUT2D eigenvalue weighted by Gasteiger charge is 2.93. The molecule has 7 nitrogen and oxygen atoms in total. The molecule has 3 aliphatic heterocycles. The molecule has 3 aromatic heterocycles. The SMILES string of the molecule is C=C1c2ncc(F)cc2[C@H]2[C@H]3[C@H]4C(N2c2ccn5ncc(c5n2)C(=O)N[C@@H]1C)[C@@]34C. The summed E-state index contributed by atoms with van der Waals surface area (Å²) in [4.78, 5) is 24.5. The molecule has 6 atom stereocenters. The van der Waals surface area contributed by atoms with Gasteiger partial charge in [0.25, 0.3) is 5.91 Å². The zero-order valence-corrected chi connectivity index (χ0v) is 16.5. The predicted molar refractivity (Wildman–Crippen MR) is 107 cm³/mol. The summed E-state index contributed by atoms with van der Waals surface area (Å²) in [5, 5.41) is 7.26.